The number of benzene rings is 1. The predicted molar refractivity (Wildman–Crippen MR) is 115 cm³/mol. The fourth-order valence-electron chi connectivity index (χ4n) is 3.31. The van der Waals surface area contributed by atoms with Gasteiger partial charge in [-0.1, -0.05) is 11.8 Å². The van der Waals surface area contributed by atoms with Gasteiger partial charge in [0.2, 0.25) is 0 Å². The summed E-state index contributed by atoms with van der Waals surface area (Å²) < 4.78 is 36.4. The van der Waals surface area contributed by atoms with E-state index in [1.54, 1.807) is 23.1 Å². The Bertz CT molecular complexity index is 990. The van der Waals surface area contributed by atoms with Gasteiger partial charge >= 0.3 is 0 Å². The van der Waals surface area contributed by atoms with Crippen LogP contribution in [0.25, 0.3) is 0 Å². The highest BCUT2D eigenvalue weighted by atomic mass is 79.9. The fourth-order valence-corrected chi connectivity index (χ4v) is 7.74. The van der Waals surface area contributed by atoms with E-state index in [0.29, 0.717) is 40.0 Å². The minimum absolute atomic E-state index is 0.0251. The van der Waals surface area contributed by atoms with Gasteiger partial charge in [-0.15, -0.1) is 0 Å². The molecule has 11 heteroatoms. The minimum atomic E-state index is -3.18. The van der Waals surface area contributed by atoms with Gasteiger partial charge in [0.05, 0.1) is 42.5 Å². The van der Waals surface area contributed by atoms with Crippen molar-refractivity contribution in [3.05, 3.63) is 16.6 Å². The second-order valence-corrected chi connectivity index (χ2v) is 10.6. The van der Waals surface area contributed by atoms with Crippen molar-refractivity contribution in [1.82, 2.24) is 0 Å². The van der Waals surface area contributed by atoms with E-state index in [9.17, 15) is 13.2 Å². The second-order valence-electron chi connectivity index (χ2n) is 6.41. The van der Waals surface area contributed by atoms with Crippen molar-refractivity contribution < 1.29 is 22.7 Å². The Labute approximate surface area is 182 Å². The van der Waals surface area contributed by atoms with E-state index >= 15 is 0 Å². The molecule has 1 aromatic rings. The first kappa shape index (κ1) is 21.9. The smallest absolute Gasteiger partial charge is 0.262 e. The first-order chi connectivity index (χ1) is 13.8. The van der Waals surface area contributed by atoms with Crippen molar-refractivity contribution in [2.45, 2.75) is 31.6 Å². The van der Waals surface area contributed by atoms with Gasteiger partial charge in [0.25, 0.3) is 5.91 Å². The third-order valence-corrected chi connectivity index (χ3v) is 8.23. The third-order valence-electron chi connectivity index (χ3n) is 4.39. The molecule has 0 bridgehead atoms. The SMILES string of the molecule is CCOc1cc(Br)c(N2C(=NC(=O)CC#N)S[C@@H]3CS(=O)(=O)C[C@@H]32)cc1OCC. The highest BCUT2D eigenvalue weighted by Crippen LogP contribution is 2.46. The van der Waals surface area contributed by atoms with Crippen LogP contribution in [0.4, 0.5) is 5.69 Å². The lowest BCUT2D eigenvalue weighted by molar-refractivity contribution is -0.116. The molecule has 0 N–H and O–H groups in total. The molecule has 2 fully saturated rings. The van der Waals surface area contributed by atoms with Crippen molar-refractivity contribution in [2.24, 2.45) is 4.99 Å². The predicted octanol–water partition coefficient (Wildman–Crippen LogP) is 2.76. The summed E-state index contributed by atoms with van der Waals surface area (Å²) >= 11 is 4.79. The summed E-state index contributed by atoms with van der Waals surface area (Å²) in [7, 11) is -3.18. The quantitative estimate of drug-likeness (QED) is 0.584. The summed E-state index contributed by atoms with van der Waals surface area (Å²) in [4.78, 5) is 17.8. The van der Waals surface area contributed by atoms with Crippen LogP contribution in [-0.4, -0.2) is 55.5 Å². The van der Waals surface area contributed by atoms with Crippen LogP contribution in [0.2, 0.25) is 0 Å². The molecule has 0 aromatic heterocycles. The summed E-state index contributed by atoms with van der Waals surface area (Å²) in [6, 6.07) is 4.96. The van der Waals surface area contributed by atoms with Gasteiger partial charge < -0.3 is 14.4 Å². The van der Waals surface area contributed by atoms with Crippen LogP contribution in [0, 0.1) is 11.3 Å². The highest BCUT2D eigenvalue weighted by molar-refractivity contribution is 9.10. The molecule has 2 atom stereocenters. The molecule has 0 aliphatic carbocycles. The number of halogens is 1. The third kappa shape index (κ3) is 4.70. The van der Waals surface area contributed by atoms with E-state index in [2.05, 4.69) is 20.9 Å². The van der Waals surface area contributed by atoms with Crippen LogP contribution in [0.15, 0.2) is 21.6 Å². The molecule has 2 saturated heterocycles. The molecule has 2 aliphatic heterocycles. The number of nitrogens with zero attached hydrogens (tertiary/aromatic N) is 3. The maximum absolute atomic E-state index is 12.2. The van der Waals surface area contributed by atoms with E-state index in [0.717, 1.165) is 0 Å². The number of thioether (sulfide) groups is 1. The molecule has 3 rings (SSSR count). The summed E-state index contributed by atoms with van der Waals surface area (Å²) in [5.41, 5.74) is 0.637. The molecule has 1 amide bonds. The summed E-state index contributed by atoms with van der Waals surface area (Å²) in [6.07, 6.45) is -0.333. The molecule has 0 unspecified atom stereocenters. The molecule has 2 aliphatic rings. The van der Waals surface area contributed by atoms with Gasteiger partial charge in [0.1, 0.15) is 6.42 Å². The number of rotatable bonds is 6. The molecular weight excluding hydrogens is 482 g/mol. The number of nitriles is 1. The lowest BCUT2D eigenvalue weighted by atomic mass is 10.2. The van der Waals surface area contributed by atoms with Crippen LogP contribution < -0.4 is 14.4 Å². The molecule has 156 valence electrons. The summed E-state index contributed by atoms with van der Waals surface area (Å²) in [5, 5.41) is 8.92. The molecular formula is C18H20BrN3O5S2. The summed E-state index contributed by atoms with van der Waals surface area (Å²) in [5.74, 6) is 0.516. The van der Waals surface area contributed by atoms with Crippen molar-refractivity contribution in [2.75, 3.05) is 29.6 Å². The fraction of sp³-hybridized carbons (Fsp3) is 0.500. The average molecular weight is 502 g/mol. The zero-order valence-electron chi connectivity index (χ0n) is 15.9. The Kier molecular flexibility index (Phi) is 6.76. The Balaban J connectivity index is 2.09. The van der Waals surface area contributed by atoms with Crippen LogP contribution in [0.3, 0.4) is 0 Å². The lowest BCUT2D eigenvalue weighted by Crippen LogP contribution is -2.38. The molecule has 8 nitrogen and oxygen atoms in total. The number of ether oxygens (including phenoxy) is 2. The number of amidine groups is 1. The van der Waals surface area contributed by atoms with Crippen LogP contribution in [0.5, 0.6) is 11.5 Å². The number of carbonyl (C=O) groups is 1. The van der Waals surface area contributed by atoms with Crippen LogP contribution >= 0.6 is 27.7 Å². The van der Waals surface area contributed by atoms with E-state index in [1.165, 1.54) is 11.8 Å². The molecule has 0 spiro atoms. The van der Waals surface area contributed by atoms with Crippen molar-refractivity contribution >= 4 is 54.3 Å². The van der Waals surface area contributed by atoms with Crippen molar-refractivity contribution in [3.8, 4) is 17.6 Å². The number of hydrogen-bond donors (Lipinski definition) is 0. The van der Waals surface area contributed by atoms with Gasteiger partial charge in [-0.3, -0.25) is 4.79 Å². The zero-order valence-corrected chi connectivity index (χ0v) is 19.1. The lowest BCUT2D eigenvalue weighted by Gasteiger charge is -2.26. The number of anilines is 1. The molecule has 0 saturated carbocycles. The number of fused-ring (bicyclic) bond motifs is 1. The Morgan fingerprint density at radius 3 is 2.59 bits per heavy atom. The molecule has 29 heavy (non-hydrogen) atoms. The monoisotopic (exact) mass is 501 g/mol. The van der Waals surface area contributed by atoms with Gasteiger partial charge in [-0.05, 0) is 29.8 Å². The zero-order chi connectivity index (χ0) is 21.2. The van der Waals surface area contributed by atoms with Gasteiger partial charge in [0, 0.05) is 21.9 Å². The minimum Gasteiger partial charge on any atom is -0.490 e. The average Bonchev–Trinajstić information content (AvgIpc) is 3.09. The largest absolute Gasteiger partial charge is 0.490 e. The normalized spacial score (nSPS) is 23.7. The van der Waals surface area contributed by atoms with Crippen LogP contribution in [0.1, 0.15) is 20.3 Å². The number of carbonyl (C=O) groups excluding carboxylic acids is 1. The van der Waals surface area contributed by atoms with Gasteiger partial charge in [-0.2, -0.15) is 10.3 Å². The van der Waals surface area contributed by atoms with E-state index < -0.39 is 15.7 Å². The van der Waals surface area contributed by atoms with E-state index in [-0.39, 0.29) is 29.2 Å². The topological polar surface area (TPSA) is 109 Å². The second kappa shape index (κ2) is 8.93. The number of amides is 1. The maximum Gasteiger partial charge on any atom is 0.262 e. The molecule has 2 heterocycles. The highest BCUT2D eigenvalue weighted by Gasteiger charge is 2.50. The Morgan fingerprint density at radius 2 is 1.97 bits per heavy atom. The number of aliphatic imine (C=N–C) groups is 1. The standard InChI is InChI=1S/C18H20BrN3O5S2/c1-3-26-14-7-11(19)12(8-15(14)27-4-2)22-13-9-29(24,25)10-16(13)28-18(22)21-17(23)5-6-20/h7-8,13,16H,3-5,9-10H2,1-2H3/t13-,16+/m0/s1. The van der Waals surface area contributed by atoms with Gasteiger partial charge in [-0.25, -0.2) is 8.42 Å². The number of sulfone groups is 1. The Morgan fingerprint density at radius 1 is 1.31 bits per heavy atom. The Hall–Kier alpha value is -1.77. The van der Waals surface area contributed by atoms with Crippen LogP contribution in [-0.2, 0) is 14.6 Å². The number of hydrogen-bond acceptors (Lipinski definition) is 7. The van der Waals surface area contributed by atoms with Gasteiger partial charge in [0.15, 0.2) is 26.5 Å². The molecule has 0 radical (unpaired) electrons. The summed E-state index contributed by atoms with van der Waals surface area (Å²) in [6.45, 7) is 4.62. The van der Waals surface area contributed by atoms with E-state index in [1.807, 2.05) is 13.8 Å². The van der Waals surface area contributed by atoms with E-state index in [4.69, 9.17) is 14.7 Å². The van der Waals surface area contributed by atoms with Crippen molar-refractivity contribution in [1.29, 1.82) is 5.26 Å². The van der Waals surface area contributed by atoms with Crippen molar-refractivity contribution in [3.63, 3.8) is 0 Å². The maximum atomic E-state index is 12.2. The first-order valence-electron chi connectivity index (χ1n) is 9.03. The first-order valence-corrected chi connectivity index (χ1v) is 12.5. The molecule has 1 aromatic carbocycles.